The number of hydrogen-bond donors (Lipinski definition) is 1. The molecule has 116 valence electrons. The molecule has 6 nitrogen and oxygen atoms in total. The summed E-state index contributed by atoms with van der Waals surface area (Å²) in [4.78, 5) is 13.9. The van der Waals surface area contributed by atoms with Crippen molar-refractivity contribution in [3.63, 3.8) is 0 Å². The van der Waals surface area contributed by atoms with Crippen LogP contribution in [0.4, 0.5) is 0 Å². The minimum absolute atomic E-state index is 0. The first kappa shape index (κ1) is 19.2. The zero-order valence-corrected chi connectivity index (χ0v) is 13.3. The lowest BCUT2D eigenvalue weighted by molar-refractivity contribution is -0.142. The summed E-state index contributed by atoms with van der Waals surface area (Å²) in [5, 5.41) is 4.13. The standard InChI is InChI=1S/C12H20N4O2.2ClH/c1-9(5-13)12(17)16-3-4-18-11(8-16)10-6-14-15(2)7-10;;/h6-7,9,11H,3-5,8,13H2,1-2H3;2*1H. The van der Waals surface area contributed by atoms with Gasteiger partial charge in [0.05, 0.1) is 19.3 Å². The van der Waals surface area contributed by atoms with Gasteiger partial charge in [-0.25, -0.2) is 0 Å². The summed E-state index contributed by atoms with van der Waals surface area (Å²) >= 11 is 0. The minimum Gasteiger partial charge on any atom is -0.370 e. The smallest absolute Gasteiger partial charge is 0.226 e. The lowest BCUT2D eigenvalue weighted by atomic mass is 10.1. The Kier molecular flexibility index (Phi) is 8.12. The predicted molar refractivity (Wildman–Crippen MR) is 81.2 cm³/mol. The average molecular weight is 325 g/mol. The number of carbonyl (C=O) groups is 1. The Morgan fingerprint density at radius 1 is 1.60 bits per heavy atom. The highest BCUT2D eigenvalue weighted by molar-refractivity contribution is 5.85. The molecule has 0 bridgehead atoms. The van der Waals surface area contributed by atoms with Gasteiger partial charge >= 0.3 is 0 Å². The lowest BCUT2D eigenvalue weighted by Crippen LogP contribution is -2.45. The Morgan fingerprint density at radius 2 is 2.30 bits per heavy atom. The van der Waals surface area contributed by atoms with Gasteiger partial charge in [-0.05, 0) is 0 Å². The number of carbonyl (C=O) groups excluding carboxylic acids is 1. The first-order valence-corrected chi connectivity index (χ1v) is 6.20. The molecule has 2 rings (SSSR count). The average Bonchev–Trinajstić information content (AvgIpc) is 2.84. The summed E-state index contributed by atoms with van der Waals surface area (Å²) in [6, 6.07) is 0. The number of hydrogen-bond acceptors (Lipinski definition) is 4. The van der Waals surface area contributed by atoms with E-state index in [1.54, 1.807) is 10.9 Å². The second-order valence-electron chi connectivity index (χ2n) is 4.73. The summed E-state index contributed by atoms with van der Waals surface area (Å²) < 4.78 is 7.43. The van der Waals surface area contributed by atoms with Crippen LogP contribution < -0.4 is 5.73 Å². The summed E-state index contributed by atoms with van der Waals surface area (Å²) in [5.74, 6) is -0.0210. The Hall–Kier alpha value is -0.820. The molecule has 0 aromatic carbocycles. The fraction of sp³-hybridized carbons (Fsp3) is 0.667. The number of aromatic nitrogens is 2. The molecule has 20 heavy (non-hydrogen) atoms. The van der Waals surface area contributed by atoms with Gasteiger partial charge in [0.15, 0.2) is 0 Å². The van der Waals surface area contributed by atoms with Crippen molar-refractivity contribution in [2.45, 2.75) is 13.0 Å². The van der Waals surface area contributed by atoms with E-state index >= 15 is 0 Å². The number of nitrogens with two attached hydrogens (primary N) is 1. The van der Waals surface area contributed by atoms with E-state index in [4.69, 9.17) is 10.5 Å². The molecule has 8 heteroatoms. The van der Waals surface area contributed by atoms with Gasteiger partial charge in [0.1, 0.15) is 6.10 Å². The second kappa shape index (κ2) is 8.46. The van der Waals surface area contributed by atoms with Crippen LogP contribution in [0.25, 0.3) is 0 Å². The SMILES string of the molecule is CC(CN)C(=O)N1CCOC(c2cnn(C)c2)C1.Cl.Cl. The van der Waals surface area contributed by atoms with Crippen molar-refractivity contribution < 1.29 is 9.53 Å². The van der Waals surface area contributed by atoms with Crippen LogP contribution in [0.2, 0.25) is 0 Å². The molecule has 1 aromatic heterocycles. The summed E-state index contributed by atoms with van der Waals surface area (Å²) in [5.41, 5.74) is 6.55. The Morgan fingerprint density at radius 3 is 2.85 bits per heavy atom. The third-order valence-electron chi connectivity index (χ3n) is 3.25. The summed E-state index contributed by atoms with van der Waals surface area (Å²) in [6.07, 6.45) is 3.62. The highest BCUT2D eigenvalue weighted by Gasteiger charge is 2.28. The van der Waals surface area contributed by atoms with E-state index in [1.807, 2.05) is 25.1 Å². The molecule has 1 aliphatic heterocycles. The molecule has 0 aliphatic carbocycles. The van der Waals surface area contributed by atoms with Crippen molar-refractivity contribution in [2.75, 3.05) is 26.2 Å². The molecule has 1 amide bonds. The first-order valence-electron chi connectivity index (χ1n) is 6.20. The van der Waals surface area contributed by atoms with Gasteiger partial charge in [0.2, 0.25) is 5.91 Å². The Bertz CT molecular complexity index is 427. The molecule has 1 aromatic rings. The molecule has 2 N–H and O–H groups in total. The summed E-state index contributed by atoms with van der Waals surface area (Å²) in [7, 11) is 1.87. The summed E-state index contributed by atoms with van der Waals surface area (Å²) in [6.45, 7) is 4.02. The quantitative estimate of drug-likeness (QED) is 0.890. The molecule has 1 saturated heterocycles. The predicted octanol–water partition coefficient (Wildman–Crippen LogP) is 0.758. The van der Waals surface area contributed by atoms with Crippen LogP contribution in [0.15, 0.2) is 12.4 Å². The maximum absolute atomic E-state index is 12.1. The number of halogens is 2. The van der Waals surface area contributed by atoms with E-state index in [0.29, 0.717) is 26.2 Å². The number of morpholine rings is 1. The van der Waals surface area contributed by atoms with Crippen molar-refractivity contribution in [1.82, 2.24) is 14.7 Å². The minimum atomic E-state index is -0.127. The number of ether oxygens (including phenoxy) is 1. The molecule has 2 atom stereocenters. The van der Waals surface area contributed by atoms with Crippen LogP contribution in [0.5, 0.6) is 0 Å². The first-order chi connectivity index (χ1) is 8.61. The maximum atomic E-state index is 12.1. The van der Waals surface area contributed by atoms with E-state index in [-0.39, 0.29) is 42.7 Å². The van der Waals surface area contributed by atoms with Crippen LogP contribution >= 0.6 is 24.8 Å². The van der Waals surface area contributed by atoms with Gasteiger partial charge in [-0.15, -0.1) is 24.8 Å². The Balaban J connectivity index is 0.00000180. The van der Waals surface area contributed by atoms with Gasteiger partial charge in [0.25, 0.3) is 0 Å². The fourth-order valence-electron chi connectivity index (χ4n) is 2.07. The van der Waals surface area contributed by atoms with Crippen LogP contribution in [-0.4, -0.2) is 46.8 Å². The van der Waals surface area contributed by atoms with Crippen molar-refractivity contribution in [2.24, 2.45) is 18.7 Å². The number of rotatable bonds is 3. The molecular weight excluding hydrogens is 303 g/mol. The third kappa shape index (κ3) is 4.34. The molecule has 2 unspecified atom stereocenters. The van der Waals surface area contributed by atoms with Crippen molar-refractivity contribution >= 4 is 30.7 Å². The normalized spacial score (nSPS) is 19.8. The molecule has 0 saturated carbocycles. The van der Waals surface area contributed by atoms with Gasteiger partial charge < -0.3 is 15.4 Å². The van der Waals surface area contributed by atoms with Gasteiger partial charge in [-0.1, -0.05) is 6.92 Å². The molecule has 0 radical (unpaired) electrons. The maximum Gasteiger partial charge on any atom is 0.226 e. The van der Waals surface area contributed by atoms with Crippen molar-refractivity contribution in [1.29, 1.82) is 0 Å². The molecule has 0 spiro atoms. The van der Waals surface area contributed by atoms with E-state index < -0.39 is 0 Å². The van der Waals surface area contributed by atoms with E-state index in [9.17, 15) is 4.79 Å². The van der Waals surface area contributed by atoms with Gasteiger partial charge in [-0.2, -0.15) is 5.10 Å². The van der Waals surface area contributed by atoms with E-state index in [1.165, 1.54) is 0 Å². The number of nitrogens with zero attached hydrogens (tertiary/aromatic N) is 3. The fourth-order valence-corrected chi connectivity index (χ4v) is 2.07. The second-order valence-corrected chi connectivity index (χ2v) is 4.73. The van der Waals surface area contributed by atoms with E-state index in [0.717, 1.165) is 5.56 Å². The molecule has 1 fully saturated rings. The molecule has 1 aliphatic rings. The lowest BCUT2D eigenvalue weighted by Gasteiger charge is -2.34. The Labute approximate surface area is 131 Å². The van der Waals surface area contributed by atoms with Crippen molar-refractivity contribution in [3.05, 3.63) is 18.0 Å². The van der Waals surface area contributed by atoms with Crippen LogP contribution in [0.3, 0.4) is 0 Å². The highest BCUT2D eigenvalue weighted by atomic mass is 35.5. The molecule has 2 heterocycles. The van der Waals surface area contributed by atoms with Crippen LogP contribution in [0, 0.1) is 5.92 Å². The monoisotopic (exact) mass is 324 g/mol. The van der Waals surface area contributed by atoms with E-state index in [2.05, 4.69) is 5.10 Å². The van der Waals surface area contributed by atoms with Crippen LogP contribution in [-0.2, 0) is 16.6 Å². The van der Waals surface area contributed by atoms with Crippen molar-refractivity contribution in [3.8, 4) is 0 Å². The topological polar surface area (TPSA) is 73.4 Å². The third-order valence-corrected chi connectivity index (χ3v) is 3.25. The largest absolute Gasteiger partial charge is 0.370 e. The van der Waals surface area contributed by atoms with Crippen LogP contribution in [0.1, 0.15) is 18.6 Å². The number of aryl methyl sites for hydroxylation is 1. The zero-order valence-electron chi connectivity index (χ0n) is 11.7. The van der Waals surface area contributed by atoms with Gasteiger partial charge in [0, 0.05) is 37.8 Å². The molecular formula is C12H22Cl2N4O2. The highest BCUT2D eigenvalue weighted by Crippen LogP contribution is 2.22. The zero-order chi connectivity index (χ0) is 13.1. The van der Waals surface area contributed by atoms with Gasteiger partial charge in [-0.3, -0.25) is 9.48 Å². The number of amides is 1.